The summed E-state index contributed by atoms with van der Waals surface area (Å²) in [5.74, 6) is 0.325. The lowest BCUT2D eigenvalue weighted by molar-refractivity contribution is -0.159. The van der Waals surface area contributed by atoms with E-state index in [1.807, 2.05) is 27.7 Å². The Hall–Kier alpha value is -0.450. The Morgan fingerprint density at radius 1 is 0.880 bits per heavy atom. The van der Waals surface area contributed by atoms with Crippen LogP contribution in [-0.2, 0) is 14.3 Å². The normalized spacial score (nSPS) is 14.2. The van der Waals surface area contributed by atoms with Gasteiger partial charge in [0, 0.05) is 11.3 Å². The van der Waals surface area contributed by atoms with Crippen molar-refractivity contribution in [1.29, 1.82) is 0 Å². The first-order valence-corrected chi connectivity index (χ1v) is 9.62. The molecule has 0 aliphatic carbocycles. The molecule has 4 heteroatoms. The Bertz CT molecular complexity index is 423. The lowest BCUT2D eigenvalue weighted by Gasteiger charge is -2.41. The summed E-state index contributed by atoms with van der Waals surface area (Å²) in [4.78, 5) is 12.5. The molecular weight excluding hydrogens is 314 g/mol. The van der Waals surface area contributed by atoms with Crippen LogP contribution in [0, 0.1) is 11.3 Å². The van der Waals surface area contributed by atoms with Gasteiger partial charge in [0.15, 0.2) is 0 Å². The number of rotatable bonds is 12. The number of hydrogen-bond donors (Lipinski definition) is 1. The molecule has 0 aromatic heterocycles. The lowest BCUT2D eigenvalue weighted by atomic mass is 9.75. The highest BCUT2D eigenvalue weighted by Crippen LogP contribution is 2.36. The first-order chi connectivity index (χ1) is 11.0. The van der Waals surface area contributed by atoms with Crippen LogP contribution in [0.1, 0.15) is 88.5 Å². The minimum Gasteiger partial charge on any atom is -0.375 e. The summed E-state index contributed by atoms with van der Waals surface area (Å²) < 4.78 is 12.4. The molecule has 150 valence electrons. The van der Waals surface area contributed by atoms with Gasteiger partial charge in [-0.2, -0.15) is 0 Å². The molecule has 0 radical (unpaired) electrons. The van der Waals surface area contributed by atoms with E-state index in [2.05, 4.69) is 41.5 Å². The van der Waals surface area contributed by atoms with Gasteiger partial charge >= 0.3 is 0 Å². The largest absolute Gasteiger partial charge is 0.375 e. The van der Waals surface area contributed by atoms with E-state index < -0.39 is 5.41 Å². The zero-order valence-corrected chi connectivity index (χ0v) is 18.4. The van der Waals surface area contributed by atoms with Crippen LogP contribution in [0.2, 0.25) is 0 Å². The van der Waals surface area contributed by atoms with Gasteiger partial charge < -0.3 is 15.2 Å². The molecule has 0 aliphatic heterocycles. The van der Waals surface area contributed by atoms with E-state index >= 15 is 0 Å². The molecule has 0 aromatic carbocycles. The summed E-state index contributed by atoms with van der Waals surface area (Å²) in [6.07, 6.45) is 2.33. The second-order valence-electron chi connectivity index (χ2n) is 10.1. The highest BCUT2D eigenvalue weighted by molar-refractivity contribution is 5.85. The Morgan fingerprint density at radius 2 is 1.40 bits per heavy atom. The standard InChI is InChI=1S/C21H43NO3/c1-16(2)17(23)18(3,4)15-21(9,10)25-20(7,8)12-14-24-19(5,6)11-13-22/h16H,11-15,22H2,1-10H3. The third kappa shape index (κ3) is 9.72. The summed E-state index contributed by atoms with van der Waals surface area (Å²) in [6.45, 7) is 21.7. The summed E-state index contributed by atoms with van der Waals surface area (Å²) >= 11 is 0. The average Bonchev–Trinajstić information content (AvgIpc) is 2.33. The highest BCUT2D eigenvalue weighted by Gasteiger charge is 2.39. The molecule has 0 fully saturated rings. The molecule has 0 rings (SSSR count). The van der Waals surface area contributed by atoms with Crippen LogP contribution in [0.5, 0.6) is 0 Å². The number of nitrogens with two attached hydrogens (primary N) is 1. The Morgan fingerprint density at radius 3 is 1.84 bits per heavy atom. The quantitative estimate of drug-likeness (QED) is 0.548. The lowest BCUT2D eigenvalue weighted by Crippen LogP contribution is -2.43. The van der Waals surface area contributed by atoms with E-state index in [-0.39, 0.29) is 28.5 Å². The predicted molar refractivity (Wildman–Crippen MR) is 106 cm³/mol. The molecule has 0 bridgehead atoms. The van der Waals surface area contributed by atoms with Crippen molar-refractivity contribution < 1.29 is 14.3 Å². The van der Waals surface area contributed by atoms with Gasteiger partial charge in [0.1, 0.15) is 5.78 Å². The summed E-state index contributed by atoms with van der Waals surface area (Å²) in [7, 11) is 0. The monoisotopic (exact) mass is 357 g/mol. The number of carbonyl (C=O) groups is 1. The van der Waals surface area contributed by atoms with Crippen LogP contribution in [0.25, 0.3) is 0 Å². The van der Waals surface area contributed by atoms with Crippen LogP contribution in [-0.4, -0.2) is 35.7 Å². The molecule has 0 spiro atoms. The Balaban J connectivity index is 4.72. The number of carbonyl (C=O) groups excluding carboxylic acids is 1. The molecule has 2 N–H and O–H groups in total. The Labute approximate surface area is 156 Å². The zero-order valence-electron chi connectivity index (χ0n) is 18.4. The summed E-state index contributed by atoms with van der Waals surface area (Å²) in [5, 5.41) is 0. The van der Waals surface area contributed by atoms with Crippen molar-refractivity contribution in [3.63, 3.8) is 0 Å². The molecule has 25 heavy (non-hydrogen) atoms. The van der Waals surface area contributed by atoms with Crippen molar-refractivity contribution in [3.8, 4) is 0 Å². The molecule has 0 aliphatic rings. The van der Waals surface area contributed by atoms with Crippen LogP contribution in [0.3, 0.4) is 0 Å². The van der Waals surface area contributed by atoms with E-state index in [0.29, 0.717) is 19.6 Å². The fourth-order valence-corrected chi connectivity index (χ4v) is 3.76. The van der Waals surface area contributed by atoms with Gasteiger partial charge in [-0.1, -0.05) is 27.7 Å². The predicted octanol–water partition coefficient (Wildman–Crippen LogP) is 4.74. The van der Waals surface area contributed by atoms with E-state index in [0.717, 1.165) is 12.8 Å². The van der Waals surface area contributed by atoms with E-state index in [4.69, 9.17) is 15.2 Å². The van der Waals surface area contributed by atoms with Crippen molar-refractivity contribution >= 4 is 5.78 Å². The first-order valence-electron chi connectivity index (χ1n) is 9.62. The smallest absolute Gasteiger partial charge is 0.141 e. The molecule has 0 aromatic rings. The van der Waals surface area contributed by atoms with Gasteiger partial charge in [-0.15, -0.1) is 0 Å². The maximum atomic E-state index is 12.5. The molecule has 0 unspecified atom stereocenters. The Kier molecular flexibility index (Phi) is 8.80. The van der Waals surface area contributed by atoms with Crippen molar-refractivity contribution in [1.82, 2.24) is 0 Å². The molecular formula is C21H43NO3. The molecule has 4 nitrogen and oxygen atoms in total. The molecule has 0 saturated carbocycles. The van der Waals surface area contributed by atoms with Gasteiger partial charge in [-0.25, -0.2) is 0 Å². The van der Waals surface area contributed by atoms with Crippen LogP contribution < -0.4 is 5.73 Å². The topological polar surface area (TPSA) is 61.5 Å². The number of ether oxygens (including phenoxy) is 2. The van der Waals surface area contributed by atoms with E-state index in [9.17, 15) is 4.79 Å². The minimum atomic E-state index is -0.395. The molecule has 0 atom stereocenters. The van der Waals surface area contributed by atoms with Gasteiger partial charge in [0.25, 0.3) is 0 Å². The molecule has 0 saturated heterocycles. The van der Waals surface area contributed by atoms with Gasteiger partial charge in [-0.3, -0.25) is 4.79 Å². The maximum Gasteiger partial charge on any atom is 0.141 e. The molecule has 0 heterocycles. The van der Waals surface area contributed by atoms with Crippen molar-refractivity contribution in [3.05, 3.63) is 0 Å². The number of Topliss-reactive ketones (excluding diaryl/α,β-unsaturated/α-hetero) is 1. The second-order valence-corrected chi connectivity index (χ2v) is 10.1. The summed E-state index contributed by atoms with van der Waals surface area (Å²) in [6, 6.07) is 0. The van der Waals surface area contributed by atoms with E-state index in [1.165, 1.54) is 0 Å². The van der Waals surface area contributed by atoms with E-state index in [1.54, 1.807) is 0 Å². The fourth-order valence-electron chi connectivity index (χ4n) is 3.76. The highest BCUT2D eigenvalue weighted by atomic mass is 16.5. The SMILES string of the molecule is CC(C)C(=O)C(C)(C)CC(C)(C)OC(C)(C)CCOC(C)(C)CCN. The average molecular weight is 358 g/mol. The third-order valence-corrected chi connectivity index (χ3v) is 4.55. The second kappa shape index (κ2) is 8.96. The third-order valence-electron chi connectivity index (χ3n) is 4.55. The van der Waals surface area contributed by atoms with Gasteiger partial charge in [0.05, 0.1) is 23.4 Å². The minimum absolute atomic E-state index is 0.0389. The van der Waals surface area contributed by atoms with Crippen LogP contribution in [0.4, 0.5) is 0 Å². The maximum absolute atomic E-state index is 12.5. The van der Waals surface area contributed by atoms with Gasteiger partial charge in [0.2, 0.25) is 0 Å². The van der Waals surface area contributed by atoms with Crippen molar-refractivity contribution in [2.24, 2.45) is 17.1 Å². The molecule has 0 amide bonds. The van der Waals surface area contributed by atoms with Gasteiger partial charge in [-0.05, 0) is 67.3 Å². The van der Waals surface area contributed by atoms with Crippen molar-refractivity contribution in [2.45, 2.75) is 105 Å². The van der Waals surface area contributed by atoms with Crippen LogP contribution in [0.15, 0.2) is 0 Å². The van der Waals surface area contributed by atoms with Crippen LogP contribution >= 0.6 is 0 Å². The zero-order chi connectivity index (χ0) is 20.1. The number of hydrogen-bond acceptors (Lipinski definition) is 4. The fraction of sp³-hybridized carbons (Fsp3) is 0.952. The first kappa shape index (κ1) is 24.6. The number of ketones is 1. The summed E-state index contributed by atoms with van der Waals surface area (Å²) in [5.41, 5.74) is 4.32. The van der Waals surface area contributed by atoms with Crippen molar-refractivity contribution in [2.75, 3.05) is 13.2 Å².